The van der Waals surface area contributed by atoms with Gasteiger partial charge in [0.1, 0.15) is 0 Å². The summed E-state index contributed by atoms with van der Waals surface area (Å²) in [5.41, 5.74) is 5.80. The summed E-state index contributed by atoms with van der Waals surface area (Å²) in [4.78, 5) is 0. The van der Waals surface area contributed by atoms with Crippen molar-refractivity contribution < 1.29 is 5.11 Å². The van der Waals surface area contributed by atoms with E-state index < -0.39 is 0 Å². The Morgan fingerprint density at radius 1 is 1.38 bits per heavy atom. The molecule has 13 heavy (non-hydrogen) atoms. The summed E-state index contributed by atoms with van der Waals surface area (Å²) in [6.45, 7) is 4.61. The van der Waals surface area contributed by atoms with Gasteiger partial charge in [-0.1, -0.05) is 13.8 Å². The van der Waals surface area contributed by atoms with E-state index in [1.807, 2.05) is 11.8 Å². The van der Waals surface area contributed by atoms with E-state index >= 15 is 0 Å². The fourth-order valence-corrected chi connectivity index (χ4v) is 2.11. The minimum atomic E-state index is 0.308. The molecule has 0 saturated carbocycles. The molecule has 0 aromatic carbocycles. The molecule has 0 fully saturated rings. The maximum atomic E-state index is 8.69. The second-order valence-electron chi connectivity index (χ2n) is 3.50. The van der Waals surface area contributed by atoms with Crippen molar-refractivity contribution in [1.82, 2.24) is 0 Å². The highest BCUT2D eigenvalue weighted by Gasteiger charge is 2.02. The fourth-order valence-electron chi connectivity index (χ4n) is 1.10. The van der Waals surface area contributed by atoms with Gasteiger partial charge in [-0.25, -0.2) is 0 Å². The third-order valence-corrected chi connectivity index (χ3v) is 3.51. The van der Waals surface area contributed by atoms with Gasteiger partial charge in [-0.3, -0.25) is 0 Å². The molecule has 0 aliphatic carbocycles. The minimum Gasteiger partial charge on any atom is -0.396 e. The van der Waals surface area contributed by atoms with Gasteiger partial charge in [-0.2, -0.15) is 11.8 Å². The van der Waals surface area contributed by atoms with Crippen LogP contribution in [0.1, 0.15) is 39.5 Å². The third kappa shape index (κ3) is 8.60. The standard InChI is InChI=1S/C10H23NOS/c1-3-10(11)5-4-8-13-9(2)6-7-12/h9-10,12H,3-8,11H2,1-2H3. The monoisotopic (exact) mass is 205 g/mol. The van der Waals surface area contributed by atoms with Gasteiger partial charge >= 0.3 is 0 Å². The topological polar surface area (TPSA) is 46.2 Å². The number of aliphatic hydroxyl groups excluding tert-OH is 1. The average molecular weight is 205 g/mol. The molecule has 2 unspecified atom stereocenters. The van der Waals surface area contributed by atoms with Gasteiger partial charge in [0.05, 0.1) is 0 Å². The Kier molecular flexibility index (Phi) is 9.03. The number of hydrogen-bond donors (Lipinski definition) is 2. The lowest BCUT2D eigenvalue weighted by Crippen LogP contribution is -2.18. The second kappa shape index (κ2) is 8.85. The van der Waals surface area contributed by atoms with Crippen LogP contribution in [0.25, 0.3) is 0 Å². The first kappa shape index (κ1) is 13.3. The van der Waals surface area contributed by atoms with E-state index in [4.69, 9.17) is 10.8 Å². The summed E-state index contributed by atoms with van der Waals surface area (Å²) in [6, 6.07) is 0.383. The largest absolute Gasteiger partial charge is 0.396 e. The van der Waals surface area contributed by atoms with Crippen LogP contribution >= 0.6 is 11.8 Å². The Hall–Kier alpha value is 0.270. The zero-order chi connectivity index (χ0) is 10.1. The van der Waals surface area contributed by atoms with Crippen molar-refractivity contribution in [3.8, 4) is 0 Å². The summed E-state index contributed by atoms with van der Waals surface area (Å²) in [5, 5.41) is 9.27. The normalized spacial score (nSPS) is 15.7. The predicted molar refractivity (Wildman–Crippen MR) is 61.1 cm³/mol. The average Bonchev–Trinajstić information content (AvgIpc) is 2.12. The SMILES string of the molecule is CCC(N)CCCSC(C)CCO. The van der Waals surface area contributed by atoms with E-state index in [0.717, 1.165) is 19.3 Å². The van der Waals surface area contributed by atoms with E-state index in [1.165, 1.54) is 12.2 Å². The molecule has 3 N–H and O–H groups in total. The summed E-state index contributed by atoms with van der Waals surface area (Å²) >= 11 is 1.94. The first-order chi connectivity index (χ1) is 6.20. The first-order valence-electron chi connectivity index (χ1n) is 5.18. The molecule has 0 aliphatic heterocycles. The van der Waals surface area contributed by atoms with E-state index in [9.17, 15) is 0 Å². The third-order valence-electron chi connectivity index (χ3n) is 2.18. The van der Waals surface area contributed by atoms with E-state index in [1.54, 1.807) is 0 Å². The summed E-state index contributed by atoms with van der Waals surface area (Å²) < 4.78 is 0. The number of nitrogens with two attached hydrogens (primary N) is 1. The Bertz CT molecular complexity index is 111. The molecule has 0 heterocycles. The molecule has 0 rings (SSSR count). The van der Waals surface area contributed by atoms with Crippen LogP contribution < -0.4 is 5.73 Å². The molecule has 2 atom stereocenters. The molecule has 3 heteroatoms. The van der Waals surface area contributed by atoms with Crippen molar-refractivity contribution in [3.05, 3.63) is 0 Å². The molecule has 0 bridgehead atoms. The maximum absolute atomic E-state index is 8.69. The van der Waals surface area contributed by atoms with Crippen LogP contribution in [0, 0.1) is 0 Å². The predicted octanol–water partition coefficient (Wildman–Crippen LogP) is 2.01. The Morgan fingerprint density at radius 3 is 2.62 bits per heavy atom. The van der Waals surface area contributed by atoms with Crippen molar-refractivity contribution >= 4 is 11.8 Å². The van der Waals surface area contributed by atoms with Gasteiger partial charge in [-0.05, 0) is 31.4 Å². The van der Waals surface area contributed by atoms with E-state index in [2.05, 4.69) is 13.8 Å². The lowest BCUT2D eigenvalue weighted by Gasteiger charge is -2.11. The highest BCUT2D eigenvalue weighted by Crippen LogP contribution is 2.15. The molecule has 80 valence electrons. The molecular formula is C10H23NOS. The highest BCUT2D eigenvalue weighted by molar-refractivity contribution is 7.99. The Labute approximate surface area is 86.3 Å². The summed E-state index contributed by atoms with van der Waals surface area (Å²) in [7, 11) is 0. The number of rotatable bonds is 8. The molecule has 0 spiro atoms. The molecular weight excluding hydrogens is 182 g/mol. The highest BCUT2D eigenvalue weighted by atomic mass is 32.2. The quantitative estimate of drug-likeness (QED) is 0.596. The fraction of sp³-hybridized carbons (Fsp3) is 1.00. The van der Waals surface area contributed by atoms with E-state index in [0.29, 0.717) is 17.9 Å². The van der Waals surface area contributed by atoms with Gasteiger partial charge in [0, 0.05) is 17.9 Å². The number of hydrogen-bond acceptors (Lipinski definition) is 3. The van der Waals surface area contributed by atoms with Gasteiger partial charge < -0.3 is 10.8 Å². The summed E-state index contributed by atoms with van der Waals surface area (Å²) in [6.07, 6.45) is 4.33. The smallest absolute Gasteiger partial charge is 0.0441 e. The van der Waals surface area contributed by atoms with Crippen molar-refractivity contribution in [2.75, 3.05) is 12.4 Å². The van der Waals surface area contributed by atoms with Crippen LogP contribution in [0.5, 0.6) is 0 Å². The van der Waals surface area contributed by atoms with Gasteiger partial charge in [0.2, 0.25) is 0 Å². The van der Waals surface area contributed by atoms with Crippen molar-refractivity contribution in [1.29, 1.82) is 0 Å². The zero-order valence-corrected chi connectivity index (χ0v) is 9.65. The van der Waals surface area contributed by atoms with E-state index in [-0.39, 0.29) is 0 Å². The van der Waals surface area contributed by atoms with Crippen molar-refractivity contribution in [2.24, 2.45) is 5.73 Å². The molecule has 0 aromatic heterocycles. The van der Waals surface area contributed by atoms with Crippen molar-refractivity contribution in [3.63, 3.8) is 0 Å². The second-order valence-corrected chi connectivity index (χ2v) is 5.05. The molecule has 0 aliphatic rings. The zero-order valence-electron chi connectivity index (χ0n) is 8.83. The lowest BCUT2D eigenvalue weighted by atomic mass is 10.1. The minimum absolute atomic E-state index is 0.308. The van der Waals surface area contributed by atoms with Crippen LogP contribution in [0.3, 0.4) is 0 Å². The van der Waals surface area contributed by atoms with Crippen LogP contribution in [0.2, 0.25) is 0 Å². The Morgan fingerprint density at radius 2 is 2.08 bits per heavy atom. The summed E-state index contributed by atoms with van der Waals surface area (Å²) in [5.74, 6) is 1.18. The molecule has 0 radical (unpaired) electrons. The van der Waals surface area contributed by atoms with Crippen LogP contribution in [-0.4, -0.2) is 28.8 Å². The van der Waals surface area contributed by atoms with Crippen molar-refractivity contribution in [2.45, 2.75) is 50.8 Å². The Balaban J connectivity index is 3.15. The van der Waals surface area contributed by atoms with Gasteiger partial charge in [-0.15, -0.1) is 0 Å². The first-order valence-corrected chi connectivity index (χ1v) is 6.23. The van der Waals surface area contributed by atoms with Crippen LogP contribution in [0.15, 0.2) is 0 Å². The lowest BCUT2D eigenvalue weighted by molar-refractivity contribution is 0.289. The van der Waals surface area contributed by atoms with Crippen LogP contribution in [-0.2, 0) is 0 Å². The number of thioether (sulfide) groups is 1. The molecule has 2 nitrogen and oxygen atoms in total. The van der Waals surface area contributed by atoms with Gasteiger partial charge in [0.25, 0.3) is 0 Å². The van der Waals surface area contributed by atoms with Gasteiger partial charge in [0.15, 0.2) is 0 Å². The molecule has 0 aromatic rings. The number of aliphatic hydroxyl groups is 1. The molecule has 0 saturated heterocycles. The van der Waals surface area contributed by atoms with Crippen LogP contribution in [0.4, 0.5) is 0 Å². The maximum Gasteiger partial charge on any atom is 0.0441 e. The molecule has 0 amide bonds.